The average molecular weight is 375 g/mol. The number of alkyl carbamates (subject to hydrolysis) is 1. The summed E-state index contributed by atoms with van der Waals surface area (Å²) in [6, 6.07) is -0.960. The van der Waals surface area contributed by atoms with Gasteiger partial charge in [0.1, 0.15) is 11.6 Å². The zero-order valence-corrected chi connectivity index (χ0v) is 16.0. The largest absolute Gasteiger partial charge is 0.480 e. The number of aliphatic carboxylic acids is 1. The molecule has 0 aromatic rings. The van der Waals surface area contributed by atoms with E-state index in [0.717, 1.165) is 31.4 Å². The smallest absolute Gasteiger partial charge is 0.407 e. The van der Waals surface area contributed by atoms with Gasteiger partial charge >= 0.3 is 18.0 Å². The second-order valence-electron chi connectivity index (χ2n) is 6.81. The quantitative estimate of drug-likeness (QED) is 0.423. The normalized spacial score (nSPS) is 16.6. The highest BCUT2D eigenvalue weighted by Gasteiger charge is 2.39. The molecule has 0 aromatic carbocycles. The first-order chi connectivity index (χ1) is 11.7. The molecule has 1 amide bonds. The molecule has 2 N–H and O–H groups in total. The van der Waals surface area contributed by atoms with Crippen LogP contribution in [0, 0.1) is 5.92 Å². The number of carbonyl (C=O) groups is 3. The van der Waals surface area contributed by atoms with Crippen LogP contribution in [-0.2, 0) is 19.1 Å². The summed E-state index contributed by atoms with van der Waals surface area (Å²) >= 11 is 1.60. The van der Waals surface area contributed by atoms with Crippen LogP contribution in [0.25, 0.3) is 0 Å². The van der Waals surface area contributed by atoms with Gasteiger partial charge in [-0.25, -0.2) is 9.59 Å². The summed E-state index contributed by atoms with van der Waals surface area (Å²) in [5.74, 6) is 0.257. The molecule has 0 aromatic heterocycles. The van der Waals surface area contributed by atoms with Crippen molar-refractivity contribution in [1.29, 1.82) is 0 Å². The van der Waals surface area contributed by atoms with E-state index in [4.69, 9.17) is 9.47 Å². The van der Waals surface area contributed by atoms with E-state index in [1.807, 2.05) is 13.8 Å². The Kier molecular flexibility index (Phi) is 9.10. The van der Waals surface area contributed by atoms with Crippen LogP contribution >= 0.6 is 11.8 Å². The van der Waals surface area contributed by atoms with Gasteiger partial charge in [-0.2, -0.15) is 11.8 Å². The maximum Gasteiger partial charge on any atom is 0.407 e. The summed E-state index contributed by atoms with van der Waals surface area (Å²) < 4.78 is 10.4. The predicted octanol–water partition coefficient (Wildman–Crippen LogP) is 2.82. The summed E-state index contributed by atoms with van der Waals surface area (Å²) in [5, 5.41) is 11.6. The Balaban J connectivity index is 2.25. The Morgan fingerprint density at radius 2 is 1.92 bits per heavy atom. The van der Waals surface area contributed by atoms with Crippen molar-refractivity contribution >= 4 is 29.8 Å². The summed E-state index contributed by atoms with van der Waals surface area (Å²) in [6.45, 7) is 5.49. The second-order valence-corrected chi connectivity index (χ2v) is 8.03. The summed E-state index contributed by atoms with van der Waals surface area (Å²) in [6.07, 6.45) is 3.26. The van der Waals surface area contributed by atoms with E-state index in [9.17, 15) is 19.5 Å². The maximum absolute atomic E-state index is 11.6. The highest BCUT2D eigenvalue weighted by atomic mass is 32.2. The Labute approximate surface area is 153 Å². The first kappa shape index (κ1) is 21.6. The van der Waals surface area contributed by atoms with Crippen molar-refractivity contribution < 1.29 is 29.0 Å². The Morgan fingerprint density at radius 1 is 1.24 bits per heavy atom. The van der Waals surface area contributed by atoms with Gasteiger partial charge in [0.2, 0.25) is 0 Å². The monoisotopic (exact) mass is 375 g/mol. The number of carboxylic acids is 1. The Bertz CT molecular complexity index is 464. The zero-order valence-electron chi connectivity index (χ0n) is 15.2. The lowest BCUT2D eigenvalue weighted by atomic mass is 9.78. The molecule has 1 aliphatic carbocycles. The van der Waals surface area contributed by atoms with Crippen molar-refractivity contribution in [2.45, 2.75) is 64.5 Å². The molecule has 1 fully saturated rings. The van der Waals surface area contributed by atoms with E-state index in [1.165, 1.54) is 6.92 Å². The molecule has 8 heteroatoms. The van der Waals surface area contributed by atoms with Gasteiger partial charge in [-0.1, -0.05) is 13.8 Å². The van der Waals surface area contributed by atoms with Crippen LogP contribution in [0.5, 0.6) is 0 Å². The van der Waals surface area contributed by atoms with Crippen LogP contribution in [0.4, 0.5) is 4.79 Å². The Hall–Kier alpha value is -1.44. The average Bonchev–Trinajstić information content (AvgIpc) is 2.48. The van der Waals surface area contributed by atoms with Crippen LogP contribution in [0.15, 0.2) is 0 Å². The van der Waals surface area contributed by atoms with Crippen molar-refractivity contribution in [3.63, 3.8) is 0 Å². The van der Waals surface area contributed by atoms with E-state index < -0.39 is 18.1 Å². The van der Waals surface area contributed by atoms with Crippen molar-refractivity contribution in [3.05, 3.63) is 0 Å². The number of esters is 1. The van der Waals surface area contributed by atoms with E-state index in [-0.39, 0.29) is 24.1 Å². The second kappa shape index (κ2) is 10.5. The molecule has 25 heavy (non-hydrogen) atoms. The highest BCUT2D eigenvalue weighted by Crippen LogP contribution is 2.39. The number of amides is 1. The molecule has 7 nitrogen and oxygen atoms in total. The lowest BCUT2D eigenvalue weighted by Gasteiger charge is -2.40. The predicted molar refractivity (Wildman–Crippen MR) is 95.7 cm³/mol. The standard InChI is InChI=1S/C17H29NO6S/c1-12(2)11-23-16(22)18-14(15(20)21)5-9-25-10-8-17(6-4-7-17)24-13(3)19/h12,14H,4-11H2,1-3H3,(H,18,22)(H,20,21)/t14-/m0/s1. The molecule has 0 radical (unpaired) electrons. The third-order valence-electron chi connectivity index (χ3n) is 4.02. The summed E-state index contributed by atoms with van der Waals surface area (Å²) in [7, 11) is 0. The Morgan fingerprint density at radius 3 is 2.40 bits per heavy atom. The van der Waals surface area contributed by atoms with Gasteiger partial charge in [-0.05, 0) is 49.5 Å². The summed E-state index contributed by atoms with van der Waals surface area (Å²) in [4.78, 5) is 34.0. The van der Waals surface area contributed by atoms with Gasteiger partial charge in [0.15, 0.2) is 0 Å². The van der Waals surface area contributed by atoms with Crippen molar-refractivity contribution in [2.75, 3.05) is 18.1 Å². The van der Waals surface area contributed by atoms with Gasteiger partial charge < -0.3 is 19.9 Å². The lowest BCUT2D eigenvalue weighted by molar-refractivity contribution is -0.167. The maximum atomic E-state index is 11.6. The third-order valence-corrected chi connectivity index (χ3v) is 5.03. The highest BCUT2D eigenvalue weighted by molar-refractivity contribution is 7.99. The van der Waals surface area contributed by atoms with Crippen molar-refractivity contribution in [3.8, 4) is 0 Å². The van der Waals surface area contributed by atoms with E-state index in [0.29, 0.717) is 12.2 Å². The number of rotatable bonds is 11. The van der Waals surface area contributed by atoms with Crippen molar-refractivity contribution in [1.82, 2.24) is 5.32 Å². The third kappa shape index (κ3) is 8.47. The molecule has 144 valence electrons. The van der Waals surface area contributed by atoms with E-state index in [1.54, 1.807) is 11.8 Å². The minimum absolute atomic E-state index is 0.195. The number of thioether (sulfide) groups is 1. The molecule has 1 aliphatic rings. The van der Waals surface area contributed by atoms with Crippen LogP contribution < -0.4 is 5.32 Å². The molecule has 0 heterocycles. The number of hydrogen-bond donors (Lipinski definition) is 2. The zero-order chi connectivity index (χ0) is 18.9. The molecule has 1 atom stereocenters. The van der Waals surface area contributed by atoms with Crippen LogP contribution in [-0.4, -0.2) is 52.9 Å². The topological polar surface area (TPSA) is 102 Å². The van der Waals surface area contributed by atoms with Crippen LogP contribution in [0.1, 0.15) is 52.9 Å². The molecule has 1 saturated carbocycles. The van der Waals surface area contributed by atoms with Crippen LogP contribution in [0.3, 0.4) is 0 Å². The van der Waals surface area contributed by atoms with Gasteiger partial charge in [-0.15, -0.1) is 0 Å². The molecular weight excluding hydrogens is 346 g/mol. The minimum atomic E-state index is -1.07. The number of ether oxygens (including phenoxy) is 2. The molecule has 0 unspecified atom stereocenters. The van der Waals surface area contributed by atoms with Gasteiger partial charge in [0.05, 0.1) is 6.61 Å². The minimum Gasteiger partial charge on any atom is -0.480 e. The number of carbonyl (C=O) groups excluding carboxylic acids is 2. The fraction of sp³-hybridized carbons (Fsp3) is 0.824. The number of carboxylic acid groups (broad SMARTS) is 1. The summed E-state index contributed by atoms with van der Waals surface area (Å²) in [5.41, 5.74) is -0.316. The van der Waals surface area contributed by atoms with Gasteiger partial charge in [0, 0.05) is 6.92 Å². The SMILES string of the molecule is CC(=O)OC1(CCSCC[C@H](NC(=O)OCC(C)C)C(=O)O)CCC1. The van der Waals surface area contributed by atoms with Gasteiger partial charge in [-0.3, -0.25) is 4.79 Å². The molecule has 1 rings (SSSR count). The van der Waals surface area contributed by atoms with Gasteiger partial charge in [0.25, 0.3) is 0 Å². The molecule has 0 spiro atoms. The van der Waals surface area contributed by atoms with Crippen molar-refractivity contribution in [2.24, 2.45) is 5.92 Å². The molecule has 0 bridgehead atoms. The van der Waals surface area contributed by atoms with E-state index >= 15 is 0 Å². The first-order valence-electron chi connectivity index (χ1n) is 8.67. The van der Waals surface area contributed by atoms with Crippen LogP contribution in [0.2, 0.25) is 0 Å². The van der Waals surface area contributed by atoms with E-state index in [2.05, 4.69) is 5.32 Å². The fourth-order valence-electron chi connectivity index (χ4n) is 2.52. The molecule has 0 aliphatic heterocycles. The number of nitrogens with one attached hydrogen (secondary N) is 1. The fourth-order valence-corrected chi connectivity index (χ4v) is 3.65. The first-order valence-corrected chi connectivity index (χ1v) is 9.83. The molecular formula is C17H29NO6S. The lowest BCUT2D eigenvalue weighted by Crippen LogP contribution is -2.42. The molecule has 0 saturated heterocycles. The number of hydrogen-bond acceptors (Lipinski definition) is 6.